The first kappa shape index (κ1) is 14.7. The first-order valence-corrected chi connectivity index (χ1v) is 8.52. The largest absolute Gasteiger partial charge is 0.462 e. The molecule has 0 saturated carbocycles. The quantitative estimate of drug-likeness (QED) is 0.591. The Balaban J connectivity index is 1.60. The highest BCUT2D eigenvalue weighted by Crippen LogP contribution is 2.49. The van der Waals surface area contributed by atoms with E-state index in [0.717, 1.165) is 11.1 Å². The van der Waals surface area contributed by atoms with Gasteiger partial charge in [-0.25, -0.2) is 0 Å². The fourth-order valence-corrected chi connectivity index (χ4v) is 4.43. The second-order valence-corrected chi connectivity index (χ2v) is 6.79. The topological polar surface area (TPSA) is 55.8 Å². The first-order valence-electron chi connectivity index (χ1n) is 8.52. The summed E-state index contributed by atoms with van der Waals surface area (Å²) in [5, 5.41) is 0. The zero-order valence-corrected chi connectivity index (χ0v) is 13.5. The van der Waals surface area contributed by atoms with Gasteiger partial charge in [0.2, 0.25) is 0 Å². The molecular weight excluding hydrogens is 318 g/mol. The van der Waals surface area contributed by atoms with Crippen LogP contribution in [0.15, 0.2) is 54.6 Å². The Morgan fingerprint density at radius 2 is 1.68 bits per heavy atom. The molecule has 2 saturated heterocycles. The van der Waals surface area contributed by atoms with Crippen LogP contribution in [0.2, 0.25) is 0 Å². The maximum Gasteiger partial charge on any atom is 0.324 e. The second-order valence-electron chi connectivity index (χ2n) is 6.79. The van der Waals surface area contributed by atoms with E-state index in [1.807, 2.05) is 48.5 Å². The Morgan fingerprint density at radius 1 is 0.920 bits per heavy atom. The summed E-state index contributed by atoms with van der Waals surface area (Å²) in [7, 11) is 0. The summed E-state index contributed by atoms with van der Waals surface area (Å²) in [5.41, 5.74) is 2.02. The van der Waals surface area contributed by atoms with Crippen LogP contribution in [-0.4, -0.2) is 36.0 Å². The highest BCUT2D eigenvalue weighted by atomic mass is 16.5. The van der Waals surface area contributed by atoms with E-state index in [0.29, 0.717) is 18.9 Å². The summed E-state index contributed by atoms with van der Waals surface area (Å²) in [6, 6.07) is 17.0. The van der Waals surface area contributed by atoms with Crippen LogP contribution in [0, 0.1) is 5.92 Å². The molecule has 2 aromatic carbocycles. The van der Waals surface area contributed by atoms with E-state index in [2.05, 4.69) is 4.90 Å². The van der Waals surface area contributed by atoms with Crippen molar-refractivity contribution in [2.75, 3.05) is 13.2 Å². The van der Waals surface area contributed by atoms with Gasteiger partial charge in [0.25, 0.3) is 0 Å². The molecule has 0 amide bonds. The molecule has 126 valence electrons. The van der Waals surface area contributed by atoms with E-state index in [4.69, 9.17) is 9.47 Å². The molecule has 5 heteroatoms. The Kier molecular flexibility index (Phi) is 3.18. The number of cyclic esters (lactones) is 1. The van der Waals surface area contributed by atoms with Gasteiger partial charge >= 0.3 is 11.9 Å². The van der Waals surface area contributed by atoms with Crippen molar-refractivity contribution in [3.05, 3.63) is 65.7 Å². The van der Waals surface area contributed by atoms with Crippen LogP contribution in [0.5, 0.6) is 5.75 Å². The van der Waals surface area contributed by atoms with Gasteiger partial charge < -0.3 is 9.47 Å². The number of nitrogens with zero attached hydrogens (tertiary/aromatic N) is 1. The lowest BCUT2D eigenvalue weighted by atomic mass is 9.81. The molecule has 5 nitrogen and oxygen atoms in total. The maximum absolute atomic E-state index is 12.6. The van der Waals surface area contributed by atoms with Crippen molar-refractivity contribution in [3.63, 3.8) is 0 Å². The molecule has 0 radical (unpaired) electrons. The van der Waals surface area contributed by atoms with Crippen molar-refractivity contribution in [2.24, 2.45) is 5.92 Å². The van der Waals surface area contributed by atoms with Gasteiger partial charge in [0.15, 0.2) is 0 Å². The van der Waals surface area contributed by atoms with Crippen molar-refractivity contribution in [2.45, 2.75) is 18.0 Å². The third-order valence-electron chi connectivity index (χ3n) is 5.54. The summed E-state index contributed by atoms with van der Waals surface area (Å²) in [5.74, 6) is -0.486. The number of hydrogen-bond acceptors (Lipinski definition) is 5. The standard InChI is InChI=1S/C20H17NO4/c22-19-14-10-21-15(12-6-2-1-3-7-12)11-24-20(23)18(21)17(14)13-8-4-5-9-16(13)25-19/h1-9,14-15,17-18H,10-11H2/t14-,15+,17-,18-/m0/s1. The molecule has 4 atom stereocenters. The van der Waals surface area contributed by atoms with Crippen LogP contribution >= 0.6 is 0 Å². The van der Waals surface area contributed by atoms with Crippen molar-refractivity contribution >= 4 is 11.9 Å². The molecule has 0 bridgehead atoms. The molecule has 2 fully saturated rings. The summed E-state index contributed by atoms with van der Waals surface area (Å²) >= 11 is 0. The van der Waals surface area contributed by atoms with E-state index < -0.39 is 6.04 Å². The Labute approximate surface area is 145 Å². The maximum atomic E-state index is 12.6. The van der Waals surface area contributed by atoms with Crippen molar-refractivity contribution < 1.29 is 19.1 Å². The van der Waals surface area contributed by atoms with Gasteiger partial charge in [-0.1, -0.05) is 48.5 Å². The van der Waals surface area contributed by atoms with Crippen LogP contribution in [0.4, 0.5) is 0 Å². The molecule has 3 aliphatic heterocycles. The normalized spacial score (nSPS) is 30.7. The van der Waals surface area contributed by atoms with E-state index >= 15 is 0 Å². The van der Waals surface area contributed by atoms with E-state index in [1.165, 1.54) is 0 Å². The number of benzene rings is 2. The minimum Gasteiger partial charge on any atom is -0.462 e. The molecule has 0 aliphatic carbocycles. The second kappa shape index (κ2) is 5.43. The summed E-state index contributed by atoms with van der Waals surface area (Å²) < 4.78 is 11.0. The molecule has 25 heavy (non-hydrogen) atoms. The highest BCUT2D eigenvalue weighted by Gasteiger charge is 2.57. The number of fused-ring (bicyclic) bond motifs is 5. The Morgan fingerprint density at radius 3 is 2.52 bits per heavy atom. The SMILES string of the molecule is O=C1Oc2ccccc2[C@H]2[C@@H]1CN1[C@@H](c3ccccc3)COC(=O)[C@H]21. The van der Waals surface area contributed by atoms with Gasteiger partial charge in [0.05, 0.1) is 12.0 Å². The number of carbonyl (C=O) groups excluding carboxylic acids is 2. The Hall–Kier alpha value is -2.66. The van der Waals surface area contributed by atoms with Gasteiger partial charge in [-0.3, -0.25) is 14.5 Å². The smallest absolute Gasteiger partial charge is 0.324 e. The number of ether oxygens (including phenoxy) is 2. The van der Waals surface area contributed by atoms with E-state index in [-0.39, 0.29) is 29.8 Å². The summed E-state index contributed by atoms with van der Waals surface area (Å²) in [6.07, 6.45) is 0. The van der Waals surface area contributed by atoms with Crippen LogP contribution in [0.3, 0.4) is 0 Å². The van der Waals surface area contributed by atoms with Gasteiger partial charge in [-0.2, -0.15) is 0 Å². The van der Waals surface area contributed by atoms with Gasteiger partial charge in [-0.15, -0.1) is 0 Å². The average Bonchev–Trinajstić information content (AvgIpc) is 3.05. The molecule has 0 spiro atoms. The zero-order valence-electron chi connectivity index (χ0n) is 13.5. The summed E-state index contributed by atoms with van der Waals surface area (Å²) in [6.45, 7) is 0.826. The third kappa shape index (κ3) is 2.12. The predicted molar refractivity (Wildman–Crippen MR) is 88.9 cm³/mol. The predicted octanol–water partition coefficient (Wildman–Crippen LogP) is 2.29. The molecule has 0 aromatic heterocycles. The minimum atomic E-state index is -0.446. The molecule has 3 heterocycles. The van der Waals surface area contributed by atoms with Gasteiger partial charge in [0, 0.05) is 18.0 Å². The number of morpholine rings is 1. The minimum absolute atomic E-state index is 0.0329. The first-order chi connectivity index (χ1) is 12.2. The van der Waals surface area contributed by atoms with Gasteiger partial charge in [0.1, 0.15) is 18.4 Å². The zero-order chi connectivity index (χ0) is 17.0. The number of hydrogen-bond donors (Lipinski definition) is 0. The highest BCUT2D eigenvalue weighted by molar-refractivity contribution is 5.86. The molecule has 0 unspecified atom stereocenters. The fourth-order valence-electron chi connectivity index (χ4n) is 4.43. The van der Waals surface area contributed by atoms with Crippen molar-refractivity contribution in [1.82, 2.24) is 4.90 Å². The monoisotopic (exact) mass is 335 g/mol. The van der Waals surface area contributed by atoms with Crippen LogP contribution < -0.4 is 4.74 Å². The molecule has 5 rings (SSSR count). The molecular formula is C20H17NO4. The Bertz CT molecular complexity index is 850. The average molecular weight is 335 g/mol. The number of carbonyl (C=O) groups is 2. The van der Waals surface area contributed by atoms with Crippen molar-refractivity contribution in [3.8, 4) is 5.75 Å². The molecule has 0 N–H and O–H groups in total. The fraction of sp³-hybridized carbons (Fsp3) is 0.300. The lowest BCUT2D eigenvalue weighted by molar-refractivity contribution is -0.160. The third-order valence-corrected chi connectivity index (χ3v) is 5.54. The van der Waals surface area contributed by atoms with E-state index in [1.54, 1.807) is 6.07 Å². The van der Waals surface area contributed by atoms with Crippen LogP contribution in [0.1, 0.15) is 23.1 Å². The number of rotatable bonds is 1. The number of esters is 2. The van der Waals surface area contributed by atoms with E-state index in [9.17, 15) is 9.59 Å². The lowest BCUT2D eigenvalue weighted by Gasteiger charge is -2.38. The summed E-state index contributed by atoms with van der Waals surface area (Å²) in [4.78, 5) is 27.3. The lowest BCUT2D eigenvalue weighted by Crippen LogP contribution is -2.48. The van der Waals surface area contributed by atoms with Crippen molar-refractivity contribution in [1.29, 1.82) is 0 Å². The van der Waals surface area contributed by atoms with Gasteiger partial charge in [-0.05, 0) is 11.6 Å². The number of para-hydroxylation sites is 1. The van der Waals surface area contributed by atoms with Crippen LogP contribution in [-0.2, 0) is 14.3 Å². The van der Waals surface area contributed by atoms with Crippen LogP contribution in [0.25, 0.3) is 0 Å². The molecule has 3 aliphatic rings. The molecule has 2 aromatic rings.